The van der Waals surface area contributed by atoms with Gasteiger partial charge in [0.15, 0.2) is 5.96 Å². The van der Waals surface area contributed by atoms with Crippen LogP contribution in [-0.4, -0.2) is 49.2 Å². The maximum absolute atomic E-state index is 6.04. The largest absolute Gasteiger partial charge is 0.481 e. The van der Waals surface area contributed by atoms with Crippen LogP contribution in [0.25, 0.3) is 0 Å². The zero-order chi connectivity index (χ0) is 19.1. The average Bonchev–Trinajstić information content (AvgIpc) is 2.72. The number of morpholine rings is 1. The summed E-state index contributed by atoms with van der Waals surface area (Å²) in [7, 11) is 1.62. The lowest BCUT2D eigenvalue weighted by atomic mass is 10.0. The van der Waals surface area contributed by atoms with E-state index in [1.807, 2.05) is 12.1 Å². The van der Waals surface area contributed by atoms with Gasteiger partial charge >= 0.3 is 0 Å². The van der Waals surface area contributed by atoms with E-state index in [1.165, 1.54) is 11.1 Å². The van der Waals surface area contributed by atoms with Crippen LogP contribution in [0.1, 0.15) is 29.7 Å². The van der Waals surface area contributed by atoms with E-state index >= 15 is 0 Å². The van der Waals surface area contributed by atoms with Crippen molar-refractivity contribution in [2.24, 2.45) is 4.99 Å². The monoisotopic (exact) mass is 368 g/mol. The lowest BCUT2D eigenvalue weighted by molar-refractivity contribution is -0.00834. The number of aromatic nitrogens is 1. The van der Waals surface area contributed by atoms with Crippen molar-refractivity contribution in [2.75, 3.05) is 33.4 Å². The molecule has 1 saturated heterocycles. The highest BCUT2D eigenvalue weighted by molar-refractivity contribution is 5.80. The molecule has 0 bridgehead atoms. The number of guanidine groups is 1. The highest BCUT2D eigenvalue weighted by Crippen LogP contribution is 2.25. The van der Waals surface area contributed by atoms with Gasteiger partial charge in [0.25, 0.3) is 0 Å². The smallest absolute Gasteiger partial charge is 0.212 e. The van der Waals surface area contributed by atoms with Crippen molar-refractivity contribution in [3.8, 4) is 5.88 Å². The van der Waals surface area contributed by atoms with Crippen LogP contribution in [-0.2, 0) is 11.3 Å². The molecule has 1 aliphatic rings. The SMILES string of the molecule is CCNC(=NCc1ccc(OC)nc1)N1CCOC(c2ccccc2C)C1. The molecule has 2 aromatic rings. The minimum absolute atomic E-state index is 0.0615. The van der Waals surface area contributed by atoms with Gasteiger partial charge in [-0.1, -0.05) is 30.3 Å². The molecule has 0 amide bonds. The van der Waals surface area contributed by atoms with Crippen molar-refractivity contribution in [1.82, 2.24) is 15.2 Å². The van der Waals surface area contributed by atoms with Crippen LogP contribution in [0, 0.1) is 6.92 Å². The van der Waals surface area contributed by atoms with Crippen molar-refractivity contribution < 1.29 is 9.47 Å². The first-order chi connectivity index (χ1) is 13.2. The number of ether oxygens (including phenoxy) is 2. The number of nitrogens with zero attached hydrogens (tertiary/aromatic N) is 3. The van der Waals surface area contributed by atoms with E-state index in [-0.39, 0.29) is 6.10 Å². The molecule has 1 aromatic heterocycles. The van der Waals surface area contributed by atoms with E-state index in [9.17, 15) is 0 Å². The van der Waals surface area contributed by atoms with Gasteiger partial charge in [-0.3, -0.25) is 0 Å². The second-order valence-electron chi connectivity index (χ2n) is 6.54. The summed E-state index contributed by atoms with van der Waals surface area (Å²) < 4.78 is 11.2. The fraction of sp³-hybridized carbons (Fsp3) is 0.429. The maximum atomic E-state index is 6.04. The number of pyridine rings is 1. The molecule has 6 nitrogen and oxygen atoms in total. The van der Waals surface area contributed by atoms with E-state index in [2.05, 4.69) is 53.3 Å². The number of hydrogen-bond acceptors (Lipinski definition) is 4. The topological polar surface area (TPSA) is 59.0 Å². The van der Waals surface area contributed by atoms with Gasteiger partial charge in [-0.05, 0) is 30.5 Å². The van der Waals surface area contributed by atoms with E-state index < -0.39 is 0 Å². The first kappa shape index (κ1) is 19.2. The average molecular weight is 368 g/mol. The Hall–Kier alpha value is -2.60. The Balaban J connectivity index is 1.72. The van der Waals surface area contributed by atoms with Crippen LogP contribution in [0.15, 0.2) is 47.6 Å². The summed E-state index contributed by atoms with van der Waals surface area (Å²) in [6.07, 6.45) is 1.87. The molecule has 144 valence electrons. The number of methoxy groups -OCH3 is 1. The molecule has 0 spiro atoms. The minimum Gasteiger partial charge on any atom is -0.481 e. The van der Waals surface area contributed by atoms with Gasteiger partial charge in [0.2, 0.25) is 5.88 Å². The van der Waals surface area contributed by atoms with Crippen LogP contribution < -0.4 is 10.1 Å². The second kappa shape index (κ2) is 9.37. The van der Waals surface area contributed by atoms with Gasteiger partial charge in [-0.25, -0.2) is 9.98 Å². The van der Waals surface area contributed by atoms with Crippen molar-refractivity contribution in [1.29, 1.82) is 0 Å². The van der Waals surface area contributed by atoms with E-state index in [0.29, 0.717) is 19.0 Å². The molecule has 3 rings (SSSR count). The summed E-state index contributed by atoms with van der Waals surface area (Å²) >= 11 is 0. The van der Waals surface area contributed by atoms with Gasteiger partial charge in [0.1, 0.15) is 6.10 Å². The normalized spacial score (nSPS) is 17.7. The lowest BCUT2D eigenvalue weighted by Crippen LogP contribution is -2.48. The Labute approximate surface area is 161 Å². The van der Waals surface area contributed by atoms with Crippen molar-refractivity contribution in [3.05, 3.63) is 59.3 Å². The zero-order valence-electron chi connectivity index (χ0n) is 16.3. The summed E-state index contributed by atoms with van der Waals surface area (Å²) in [6.45, 7) is 7.93. The van der Waals surface area contributed by atoms with Crippen LogP contribution in [0.4, 0.5) is 0 Å². The lowest BCUT2D eigenvalue weighted by Gasteiger charge is -2.35. The highest BCUT2D eigenvalue weighted by Gasteiger charge is 2.25. The highest BCUT2D eigenvalue weighted by atomic mass is 16.5. The van der Waals surface area contributed by atoms with Crippen LogP contribution >= 0.6 is 0 Å². The van der Waals surface area contributed by atoms with E-state index in [4.69, 9.17) is 14.5 Å². The Bertz CT molecular complexity index is 761. The molecule has 1 aromatic carbocycles. The van der Waals surface area contributed by atoms with Gasteiger partial charge < -0.3 is 19.7 Å². The molecule has 0 saturated carbocycles. The molecule has 2 heterocycles. The molecule has 0 radical (unpaired) electrons. The molecule has 6 heteroatoms. The van der Waals surface area contributed by atoms with Gasteiger partial charge in [0.05, 0.1) is 26.8 Å². The number of aryl methyl sites for hydroxylation is 1. The predicted octanol–water partition coefficient (Wildman–Crippen LogP) is 2.94. The molecule has 1 unspecified atom stereocenters. The first-order valence-electron chi connectivity index (χ1n) is 9.40. The van der Waals surface area contributed by atoms with Crippen molar-refractivity contribution >= 4 is 5.96 Å². The molecule has 1 atom stereocenters. The fourth-order valence-corrected chi connectivity index (χ4v) is 3.20. The summed E-state index contributed by atoms with van der Waals surface area (Å²) in [5.74, 6) is 1.53. The predicted molar refractivity (Wildman–Crippen MR) is 107 cm³/mol. The van der Waals surface area contributed by atoms with Crippen molar-refractivity contribution in [2.45, 2.75) is 26.5 Å². The summed E-state index contributed by atoms with van der Waals surface area (Å²) in [4.78, 5) is 11.3. The van der Waals surface area contributed by atoms with Gasteiger partial charge in [0, 0.05) is 25.4 Å². The van der Waals surface area contributed by atoms with Crippen LogP contribution in [0.3, 0.4) is 0 Å². The number of hydrogen-bond donors (Lipinski definition) is 1. The van der Waals surface area contributed by atoms with E-state index in [1.54, 1.807) is 13.3 Å². The Morgan fingerprint density at radius 3 is 2.89 bits per heavy atom. The summed E-state index contributed by atoms with van der Waals surface area (Å²) in [6, 6.07) is 12.3. The van der Waals surface area contributed by atoms with Crippen LogP contribution in [0.2, 0.25) is 0 Å². The summed E-state index contributed by atoms with van der Waals surface area (Å²) in [5, 5.41) is 3.41. The van der Waals surface area contributed by atoms with Gasteiger partial charge in [-0.2, -0.15) is 0 Å². The first-order valence-corrected chi connectivity index (χ1v) is 9.40. The molecule has 1 N–H and O–H groups in total. The molecular weight excluding hydrogens is 340 g/mol. The number of aliphatic imine (C=N–C) groups is 1. The molecule has 0 aliphatic carbocycles. The standard InChI is InChI=1S/C21H28N4O2/c1-4-22-21(24-14-17-9-10-20(26-3)23-13-17)25-11-12-27-19(15-25)18-8-6-5-7-16(18)2/h5-10,13,19H,4,11-12,14-15H2,1-3H3,(H,22,24). The fourth-order valence-electron chi connectivity index (χ4n) is 3.20. The Morgan fingerprint density at radius 1 is 1.33 bits per heavy atom. The molecule has 27 heavy (non-hydrogen) atoms. The summed E-state index contributed by atoms with van der Waals surface area (Å²) in [5.41, 5.74) is 3.56. The zero-order valence-corrected chi connectivity index (χ0v) is 16.3. The molecular formula is C21H28N4O2. The second-order valence-corrected chi connectivity index (χ2v) is 6.54. The van der Waals surface area contributed by atoms with Crippen LogP contribution in [0.5, 0.6) is 5.88 Å². The quantitative estimate of drug-likeness (QED) is 0.650. The number of benzene rings is 1. The maximum Gasteiger partial charge on any atom is 0.212 e. The Kier molecular flexibility index (Phi) is 6.65. The van der Waals surface area contributed by atoms with E-state index in [0.717, 1.165) is 31.2 Å². The molecule has 1 fully saturated rings. The molecule has 1 aliphatic heterocycles. The third-order valence-electron chi connectivity index (χ3n) is 4.65. The Morgan fingerprint density at radius 2 is 2.19 bits per heavy atom. The third-order valence-corrected chi connectivity index (χ3v) is 4.65. The third kappa shape index (κ3) is 4.98. The van der Waals surface area contributed by atoms with Crippen molar-refractivity contribution in [3.63, 3.8) is 0 Å². The van der Waals surface area contributed by atoms with Gasteiger partial charge in [-0.15, -0.1) is 0 Å². The number of rotatable bonds is 5. The minimum atomic E-state index is 0.0615. The number of nitrogens with one attached hydrogen (secondary N) is 1.